The molecule has 0 saturated carbocycles. The number of sulfonamides is 1. The summed E-state index contributed by atoms with van der Waals surface area (Å²) in [6.45, 7) is 2.05. The van der Waals surface area contributed by atoms with Gasteiger partial charge in [0, 0.05) is 26.7 Å². The molecular weight excluding hydrogens is 442 g/mol. The van der Waals surface area contributed by atoms with E-state index in [9.17, 15) is 18.3 Å². The van der Waals surface area contributed by atoms with E-state index < -0.39 is 16.1 Å². The number of carbonyl (C=O) groups excluding carboxylic acids is 1. The van der Waals surface area contributed by atoms with Crippen LogP contribution in [0.15, 0.2) is 53.4 Å². The SMILES string of the molecule is CNS(=O)(=O)c1ccc2c(c1)CC[C@@H](C(=O)N(C)[C@H](CN1CC[C@H](O)C1)c1ccccc1)O2. The highest BCUT2D eigenvalue weighted by atomic mass is 32.2. The smallest absolute Gasteiger partial charge is 0.263 e. The lowest BCUT2D eigenvalue weighted by Gasteiger charge is -2.35. The van der Waals surface area contributed by atoms with Crippen molar-refractivity contribution in [2.75, 3.05) is 33.7 Å². The van der Waals surface area contributed by atoms with E-state index in [0.717, 1.165) is 24.1 Å². The van der Waals surface area contributed by atoms with Crippen LogP contribution in [0, 0.1) is 0 Å². The molecule has 1 saturated heterocycles. The molecule has 0 radical (unpaired) electrons. The number of carbonyl (C=O) groups is 1. The van der Waals surface area contributed by atoms with Gasteiger partial charge >= 0.3 is 0 Å². The molecule has 0 aliphatic carbocycles. The summed E-state index contributed by atoms with van der Waals surface area (Å²) in [6.07, 6.45) is 0.818. The summed E-state index contributed by atoms with van der Waals surface area (Å²) in [6, 6.07) is 14.5. The first-order valence-electron chi connectivity index (χ1n) is 11.2. The molecule has 0 bridgehead atoms. The van der Waals surface area contributed by atoms with Crippen LogP contribution in [0.1, 0.15) is 30.0 Å². The van der Waals surface area contributed by atoms with Gasteiger partial charge in [-0.3, -0.25) is 9.69 Å². The zero-order valence-electron chi connectivity index (χ0n) is 19.0. The lowest BCUT2D eigenvalue weighted by Crippen LogP contribution is -2.46. The second-order valence-electron chi connectivity index (χ2n) is 8.70. The Hall–Kier alpha value is -2.46. The normalized spacial score (nSPS) is 21.8. The minimum Gasteiger partial charge on any atom is -0.480 e. The first-order valence-corrected chi connectivity index (χ1v) is 12.7. The van der Waals surface area contributed by atoms with Gasteiger partial charge < -0.3 is 14.7 Å². The Morgan fingerprint density at radius 1 is 1.24 bits per heavy atom. The number of fused-ring (bicyclic) bond motifs is 1. The first kappa shape index (κ1) is 23.7. The number of aliphatic hydroxyl groups excluding tert-OH is 1. The summed E-state index contributed by atoms with van der Waals surface area (Å²) in [5.74, 6) is 0.433. The number of benzene rings is 2. The van der Waals surface area contributed by atoms with Crippen LogP contribution in [0.25, 0.3) is 0 Å². The predicted molar refractivity (Wildman–Crippen MR) is 124 cm³/mol. The van der Waals surface area contributed by atoms with Crippen molar-refractivity contribution in [1.29, 1.82) is 0 Å². The molecule has 4 rings (SSSR count). The highest BCUT2D eigenvalue weighted by Crippen LogP contribution is 2.32. The van der Waals surface area contributed by atoms with Crippen LogP contribution in [0.5, 0.6) is 5.75 Å². The Morgan fingerprint density at radius 3 is 2.67 bits per heavy atom. The minimum absolute atomic E-state index is 0.110. The maximum absolute atomic E-state index is 13.5. The van der Waals surface area contributed by atoms with Gasteiger partial charge in [-0.2, -0.15) is 0 Å². The fourth-order valence-corrected chi connectivity index (χ4v) is 5.33. The molecule has 0 unspecified atom stereocenters. The molecule has 2 heterocycles. The number of ether oxygens (including phenoxy) is 1. The number of rotatable bonds is 7. The van der Waals surface area contributed by atoms with Gasteiger partial charge in [0.05, 0.1) is 17.0 Å². The number of nitrogens with one attached hydrogen (secondary N) is 1. The van der Waals surface area contributed by atoms with Gasteiger partial charge in [-0.1, -0.05) is 30.3 Å². The molecule has 3 atom stereocenters. The number of amides is 1. The Bertz CT molecular complexity index is 1090. The van der Waals surface area contributed by atoms with E-state index >= 15 is 0 Å². The topological polar surface area (TPSA) is 99.2 Å². The van der Waals surface area contributed by atoms with Crippen molar-refractivity contribution < 1.29 is 23.1 Å². The average Bonchev–Trinajstić information content (AvgIpc) is 3.26. The zero-order valence-corrected chi connectivity index (χ0v) is 19.8. The summed E-state index contributed by atoms with van der Waals surface area (Å²) >= 11 is 0. The average molecular weight is 474 g/mol. The number of nitrogens with zero attached hydrogens (tertiary/aromatic N) is 2. The van der Waals surface area contributed by atoms with Gasteiger partial charge in [-0.25, -0.2) is 13.1 Å². The molecule has 2 aromatic carbocycles. The van der Waals surface area contributed by atoms with Crippen LogP contribution in [-0.4, -0.2) is 75.2 Å². The van der Waals surface area contributed by atoms with Crippen LogP contribution < -0.4 is 9.46 Å². The molecule has 0 aromatic heterocycles. The van der Waals surface area contributed by atoms with Gasteiger partial charge in [0.15, 0.2) is 6.10 Å². The molecule has 2 aliphatic rings. The highest BCUT2D eigenvalue weighted by molar-refractivity contribution is 7.89. The summed E-state index contributed by atoms with van der Waals surface area (Å²) in [7, 11) is -0.359. The van der Waals surface area contributed by atoms with Crippen molar-refractivity contribution in [3.05, 3.63) is 59.7 Å². The number of aryl methyl sites for hydroxylation is 1. The number of likely N-dealkylation sites (tertiary alicyclic amines) is 1. The lowest BCUT2D eigenvalue weighted by molar-refractivity contribution is -0.140. The van der Waals surface area contributed by atoms with E-state index in [2.05, 4.69) is 9.62 Å². The Balaban J connectivity index is 1.51. The van der Waals surface area contributed by atoms with E-state index in [1.54, 1.807) is 24.1 Å². The van der Waals surface area contributed by atoms with Crippen molar-refractivity contribution in [3.63, 3.8) is 0 Å². The van der Waals surface area contributed by atoms with Gasteiger partial charge in [-0.15, -0.1) is 0 Å². The molecule has 2 N–H and O–H groups in total. The quantitative estimate of drug-likeness (QED) is 0.633. The van der Waals surface area contributed by atoms with E-state index in [4.69, 9.17) is 4.74 Å². The minimum atomic E-state index is -3.54. The summed E-state index contributed by atoms with van der Waals surface area (Å²) in [5, 5.41) is 9.93. The number of hydrogen-bond acceptors (Lipinski definition) is 6. The van der Waals surface area contributed by atoms with Gasteiger partial charge in [0.2, 0.25) is 10.0 Å². The van der Waals surface area contributed by atoms with Crippen LogP contribution in [0.3, 0.4) is 0 Å². The van der Waals surface area contributed by atoms with Gasteiger partial charge in [0.25, 0.3) is 5.91 Å². The maximum Gasteiger partial charge on any atom is 0.263 e. The number of β-amino-alcohol motifs (C(OH)–C–C–N with tert-alkyl or cyclic N) is 1. The van der Waals surface area contributed by atoms with Crippen molar-refractivity contribution in [2.24, 2.45) is 0 Å². The second kappa shape index (κ2) is 9.80. The molecule has 178 valence electrons. The third-order valence-electron chi connectivity index (χ3n) is 6.51. The Kier molecular flexibility index (Phi) is 7.04. The third-order valence-corrected chi connectivity index (χ3v) is 7.92. The zero-order chi connectivity index (χ0) is 23.6. The third kappa shape index (κ3) is 5.22. The van der Waals surface area contributed by atoms with Crippen molar-refractivity contribution in [3.8, 4) is 5.75 Å². The van der Waals surface area contributed by atoms with Gasteiger partial charge in [-0.05, 0) is 55.6 Å². The van der Waals surface area contributed by atoms with Crippen molar-refractivity contribution in [2.45, 2.75) is 42.4 Å². The van der Waals surface area contributed by atoms with E-state index in [1.165, 1.54) is 13.1 Å². The van der Waals surface area contributed by atoms with Gasteiger partial charge in [0.1, 0.15) is 5.75 Å². The van der Waals surface area contributed by atoms with Crippen molar-refractivity contribution >= 4 is 15.9 Å². The molecular formula is C24H31N3O5S. The second-order valence-corrected chi connectivity index (χ2v) is 10.6. The summed E-state index contributed by atoms with van der Waals surface area (Å²) in [5.41, 5.74) is 1.82. The predicted octanol–water partition coefficient (Wildman–Crippen LogP) is 1.55. The Morgan fingerprint density at radius 2 is 2.00 bits per heavy atom. The first-order chi connectivity index (χ1) is 15.8. The van der Waals surface area contributed by atoms with E-state index in [-0.39, 0.29) is 22.9 Å². The van der Waals surface area contributed by atoms with Crippen LogP contribution in [0.4, 0.5) is 0 Å². The molecule has 9 heteroatoms. The van der Waals surface area contributed by atoms with E-state index in [1.807, 2.05) is 30.3 Å². The molecule has 8 nitrogen and oxygen atoms in total. The summed E-state index contributed by atoms with van der Waals surface area (Å²) < 4.78 is 32.5. The van der Waals surface area contributed by atoms with Crippen LogP contribution in [-0.2, 0) is 21.2 Å². The maximum atomic E-state index is 13.5. The Labute approximate surface area is 195 Å². The molecule has 33 heavy (non-hydrogen) atoms. The highest BCUT2D eigenvalue weighted by Gasteiger charge is 2.34. The number of likely N-dealkylation sites (N-methyl/N-ethyl adjacent to an activating group) is 1. The number of aliphatic hydroxyl groups is 1. The number of hydrogen-bond donors (Lipinski definition) is 2. The van der Waals surface area contributed by atoms with E-state index in [0.29, 0.717) is 31.7 Å². The van der Waals surface area contributed by atoms with Crippen LogP contribution >= 0.6 is 0 Å². The largest absolute Gasteiger partial charge is 0.480 e. The molecule has 2 aromatic rings. The molecule has 1 fully saturated rings. The lowest BCUT2D eigenvalue weighted by atomic mass is 10.00. The molecule has 0 spiro atoms. The fraction of sp³-hybridized carbons (Fsp3) is 0.458. The molecule has 2 aliphatic heterocycles. The summed E-state index contributed by atoms with van der Waals surface area (Å²) in [4.78, 5) is 17.6. The standard InChI is InChI=1S/C24H31N3O5S/c1-25-33(30,31)20-9-11-22-18(14-20)8-10-23(32-22)24(29)26(2)21(17-6-4-3-5-7-17)16-27-13-12-19(28)15-27/h3-7,9,11,14,19,21,23,25,28H,8,10,12-13,15-16H2,1-2H3/t19-,21+,23-/m0/s1. The monoisotopic (exact) mass is 473 g/mol. The fourth-order valence-electron chi connectivity index (χ4n) is 4.55. The van der Waals surface area contributed by atoms with Crippen molar-refractivity contribution in [1.82, 2.24) is 14.5 Å². The van der Waals surface area contributed by atoms with Crippen LogP contribution in [0.2, 0.25) is 0 Å². The molecule has 1 amide bonds.